The summed E-state index contributed by atoms with van der Waals surface area (Å²) in [6.45, 7) is 0. The molecule has 11 heavy (non-hydrogen) atoms. The smallest absolute Gasteiger partial charge is 0.315 e. The molecule has 0 aromatic heterocycles. The van der Waals surface area contributed by atoms with Gasteiger partial charge in [0.2, 0.25) is 0 Å². The molecule has 0 aliphatic rings. The zero-order valence-corrected chi connectivity index (χ0v) is 7.80. The van der Waals surface area contributed by atoms with Crippen molar-refractivity contribution in [2.45, 2.75) is 5.51 Å². The van der Waals surface area contributed by atoms with Gasteiger partial charge >= 0.3 is 14.4 Å². The second-order valence-electron chi connectivity index (χ2n) is 1.19. The molecule has 0 aliphatic heterocycles. The van der Waals surface area contributed by atoms with Crippen LogP contribution in [0.5, 0.6) is 0 Å². The second kappa shape index (κ2) is 3.47. The summed E-state index contributed by atoms with van der Waals surface area (Å²) in [6.07, 6.45) is 0. The van der Waals surface area contributed by atoms with Gasteiger partial charge in [0, 0.05) is 0 Å². The van der Waals surface area contributed by atoms with Gasteiger partial charge in [-0.3, -0.25) is 0 Å². The van der Waals surface area contributed by atoms with E-state index in [1.165, 1.54) is 0 Å². The van der Waals surface area contributed by atoms with Crippen LogP contribution in [0.4, 0.5) is 13.2 Å². The van der Waals surface area contributed by atoms with E-state index in [1.807, 2.05) is 0 Å². The molecule has 1 atom stereocenters. The van der Waals surface area contributed by atoms with Crippen LogP contribution >= 0.6 is 0 Å². The lowest BCUT2D eigenvalue weighted by atomic mass is 11.6. The van der Waals surface area contributed by atoms with Gasteiger partial charge in [-0.15, -0.1) is 0 Å². The molecule has 0 radical (unpaired) electrons. The van der Waals surface area contributed by atoms with E-state index in [-0.39, 0.29) is 8.88 Å². The van der Waals surface area contributed by atoms with Gasteiger partial charge in [-0.05, 0) is 20.1 Å². The fourth-order valence-corrected chi connectivity index (χ4v) is 4.38. The van der Waals surface area contributed by atoms with Crippen molar-refractivity contribution in [1.82, 2.24) is 0 Å². The first kappa shape index (κ1) is 11.5. The van der Waals surface area contributed by atoms with Crippen molar-refractivity contribution in [3.05, 3.63) is 0 Å². The van der Waals surface area contributed by atoms with E-state index in [9.17, 15) is 21.6 Å². The molecule has 0 saturated heterocycles. The zero-order valence-electron chi connectivity index (χ0n) is 4.53. The van der Waals surface area contributed by atoms with Gasteiger partial charge in [0.25, 0.3) is 0 Å². The predicted molar refractivity (Wildman–Crippen MR) is 39.7 cm³/mol. The fourth-order valence-electron chi connectivity index (χ4n) is 0.117. The van der Waals surface area contributed by atoms with Crippen molar-refractivity contribution < 1.29 is 26.1 Å². The third-order valence-electron chi connectivity index (χ3n) is 0.529. The van der Waals surface area contributed by atoms with Crippen molar-refractivity contribution >= 4 is 37.7 Å². The molecular weight excluding hydrogens is 245 g/mol. The average Bonchev–Trinajstić information content (AvgIpc) is 1.83. The van der Waals surface area contributed by atoms with Crippen molar-refractivity contribution in [2.75, 3.05) is 0 Å². The van der Waals surface area contributed by atoms with E-state index in [1.54, 1.807) is 0 Å². The quantitative estimate of drug-likeness (QED) is 0.680. The summed E-state index contributed by atoms with van der Waals surface area (Å²) >= 11 is 3.89. The Morgan fingerprint density at radius 3 is 1.91 bits per heavy atom. The Bertz CT molecular complexity index is 293. The van der Waals surface area contributed by atoms with Gasteiger partial charge in [0.15, 0.2) is 0 Å². The number of hydrogen-bond donors (Lipinski definition) is 1. The van der Waals surface area contributed by atoms with Gasteiger partial charge in [0.05, 0.1) is 0 Å². The summed E-state index contributed by atoms with van der Waals surface area (Å²) < 4.78 is 63.0. The molecule has 0 saturated carbocycles. The maximum absolute atomic E-state index is 11.5. The lowest BCUT2D eigenvalue weighted by molar-refractivity contribution is -0.0411. The second-order valence-corrected chi connectivity index (χ2v) is 8.60. The molecule has 0 bridgehead atoms. The van der Waals surface area contributed by atoms with E-state index < -0.39 is 23.1 Å². The molecule has 68 valence electrons. The Morgan fingerprint density at radius 2 is 1.82 bits per heavy atom. The topological polar surface area (TPSA) is 54.4 Å². The Morgan fingerprint density at radius 1 is 1.45 bits per heavy atom. The first-order valence-electron chi connectivity index (χ1n) is 1.79. The maximum atomic E-state index is 11.5. The van der Waals surface area contributed by atoms with E-state index >= 15 is 0 Å². The van der Waals surface area contributed by atoms with Crippen LogP contribution in [0.25, 0.3) is 0 Å². The predicted octanol–water partition coefficient (Wildman–Crippen LogP) is 0.387. The summed E-state index contributed by atoms with van der Waals surface area (Å²) in [5.74, 6) is 0. The molecule has 1 unspecified atom stereocenters. The normalized spacial score (nSPS) is 16.0. The molecule has 0 spiro atoms. The molecule has 0 amide bonds. The van der Waals surface area contributed by atoms with Crippen LogP contribution in [0, 0.1) is 0 Å². The molecular formula is CHF3O3S4. The molecule has 0 aliphatic carbocycles. The van der Waals surface area contributed by atoms with Crippen LogP contribution in [0.1, 0.15) is 0 Å². The molecule has 10 heteroatoms. The molecule has 0 aromatic carbocycles. The molecule has 0 fully saturated rings. The van der Waals surface area contributed by atoms with E-state index in [0.29, 0.717) is 0 Å². The van der Waals surface area contributed by atoms with Gasteiger partial charge in [-0.25, -0.2) is 8.42 Å². The molecule has 0 rings (SSSR count). The van der Waals surface area contributed by atoms with Crippen LogP contribution in [-0.2, 0) is 37.7 Å². The summed E-state index contributed by atoms with van der Waals surface area (Å²) in [5.41, 5.74) is -5.43. The van der Waals surface area contributed by atoms with Gasteiger partial charge in [-0.1, -0.05) is 0 Å². The standard InChI is InChI=1S/CHF3O3S4/c2-1(3,4)11(6,7)10(5)9-8/h5H. The minimum Gasteiger partial charge on any atom is -0.315 e. The van der Waals surface area contributed by atoms with Crippen LogP contribution < -0.4 is 0 Å². The minimum atomic E-state index is -5.48. The first-order valence-corrected chi connectivity index (χ1v) is 7.23. The third-order valence-corrected chi connectivity index (χ3v) is 7.79. The number of hydrogen-bond acceptors (Lipinski definition) is 3. The first-order chi connectivity index (χ1) is 4.73. The highest BCUT2D eigenvalue weighted by Gasteiger charge is 2.48. The minimum absolute atomic E-state index is 0.183. The number of rotatable bonds is 1. The summed E-state index contributed by atoms with van der Waals surface area (Å²) in [5, 5.41) is 0. The highest BCUT2D eigenvalue weighted by Crippen LogP contribution is 2.25. The van der Waals surface area contributed by atoms with Crippen molar-refractivity contribution in [3.63, 3.8) is 0 Å². The molecule has 0 aromatic rings. The zero-order chi connectivity index (χ0) is 9.28. The van der Waals surface area contributed by atoms with Crippen molar-refractivity contribution in [3.8, 4) is 0 Å². The number of alkyl halides is 3. The summed E-state index contributed by atoms with van der Waals surface area (Å²) in [7, 11) is -8.55. The third kappa shape index (κ3) is 2.47. The van der Waals surface area contributed by atoms with Gasteiger partial charge in [0.1, 0.15) is 8.77 Å². The molecule has 0 heterocycles. The Balaban J connectivity index is 5.27. The molecule has 3 nitrogen and oxygen atoms in total. The Hall–Kier alpha value is 0.490. The SMILES string of the molecule is O=S(=O)(S(O)=S=S)C(F)(F)F. The number of halogens is 3. The monoisotopic (exact) mass is 246 g/mol. The van der Waals surface area contributed by atoms with Gasteiger partial charge < -0.3 is 4.55 Å². The van der Waals surface area contributed by atoms with Crippen LogP contribution in [0.3, 0.4) is 0 Å². The lowest BCUT2D eigenvalue weighted by Crippen LogP contribution is -2.26. The van der Waals surface area contributed by atoms with Crippen LogP contribution in [0.15, 0.2) is 0 Å². The highest BCUT2D eigenvalue weighted by atomic mass is 33.4. The van der Waals surface area contributed by atoms with E-state index in [2.05, 4.69) is 11.2 Å². The van der Waals surface area contributed by atoms with Crippen molar-refractivity contribution in [2.24, 2.45) is 0 Å². The fraction of sp³-hybridized carbons (Fsp3) is 1.00. The Labute approximate surface area is 69.5 Å². The highest BCUT2D eigenvalue weighted by molar-refractivity contribution is 8.82. The van der Waals surface area contributed by atoms with Crippen LogP contribution in [0.2, 0.25) is 0 Å². The summed E-state index contributed by atoms with van der Waals surface area (Å²) in [6, 6.07) is 0. The van der Waals surface area contributed by atoms with E-state index in [4.69, 9.17) is 4.55 Å². The lowest BCUT2D eigenvalue weighted by Gasteiger charge is -2.03. The van der Waals surface area contributed by atoms with Crippen molar-refractivity contribution in [1.29, 1.82) is 0 Å². The summed E-state index contributed by atoms with van der Waals surface area (Å²) in [4.78, 5) is 0. The Kier molecular flexibility index (Phi) is 3.63. The average molecular weight is 246 g/mol. The van der Waals surface area contributed by atoms with Crippen LogP contribution in [-0.4, -0.2) is 18.5 Å². The van der Waals surface area contributed by atoms with Gasteiger partial charge in [-0.2, -0.15) is 13.2 Å². The molecule has 1 N–H and O–H groups in total. The largest absolute Gasteiger partial charge is 0.509 e. The van der Waals surface area contributed by atoms with E-state index in [0.717, 1.165) is 0 Å². The maximum Gasteiger partial charge on any atom is 0.509 e.